The van der Waals surface area contributed by atoms with Gasteiger partial charge in [-0.25, -0.2) is 0 Å². The number of aromatic nitrogens is 2. The Bertz CT molecular complexity index is 894. The lowest BCUT2D eigenvalue weighted by Gasteiger charge is -2.05. The highest BCUT2D eigenvalue weighted by Crippen LogP contribution is 2.19. The summed E-state index contributed by atoms with van der Waals surface area (Å²) in [6, 6.07) is 15.7. The molecular weight excluding hydrogens is 356 g/mol. The summed E-state index contributed by atoms with van der Waals surface area (Å²) in [7, 11) is 0. The fraction of sp³-hybridized carbons (Fsp3) is 0.111. The third-order valence-electron chi connectivity index (χ3n) is 3.44. The van der Waals surface area contributed by atoms with Gasteiger partial charge in [-0.1, -0.05) is 34.9 Å². The molecule has 8 heteroatoms. The number of hydrogen-bond donors (Lipinski definition) is 2. The van der Waals surface area contributed by atoms with Crippen LogP contribution in [0.25, 0.3) is 11.5 Å². The summed E-state index contributed by atoms with van der Waals surface area (Å²) < 4.78 is 5.39. The van der Waals surface area contributed by atoms with E-state index in [0.717, 1.165) is 5.56 Å². The fourth-order valence-electron chi connectivity index (χ4n) is 2.15. The van der Waals surface area contributed by atoms with Gasteiger partial charge in [0.05, 0.1) is 0 Å². The molecule has 7 nitrogen and oxygen atoms in total. The van der Waals surface area contributed by atoms with Gasteiger partial charge in [0, 0.05) is 29.1 Å². The number of halogens is 1. The van der Waals surface area contributed by atoms with E-state index in [-0.39, 0.29) is 30.8 Å². The Hall–Kier alpha value is -3.19. The van der Waals surface area contributed by atoms with Gasteiger partial charge in [-0.05, 0) is 36.4 Å². The van der Waals surface area contributed by atoms with Crippen molar-refractivity contribution in [2.24, 2.45) is 0 Å². The molecule has 0 aliphatic heterocycles. The summed E-state index contributed by atoms with van der Waals surface area (Å²) in [6.45, 7) is 0.174. The van der Waals surface area contributed by atoms with Crippen LogP contribution in [0.15, 0.2) is 59.0 Å². The van der Waals surface area contributed by atoms with Crippen LogP contribution >= 0.6 is 11.6 Å². The normalized spacial score (nSPS) is 10.3. The minimum absolute atomic E-state index is 0.0119. The van der Waals surface area contributed by atoms with Crippen molar-refractivity contribution in [2.75, 3.05) is 11.9 Å². The molecular formula is C18H15ClN4O3. The van der Waals surface area contributed by atoms with Crippen LogP contribution in [0, 0.1) is 0 Å². The molecule has 26 heavy (non-hydrogen) atoms. The summed E-state index contributed by atoms with van der Waals surface area (Å²) in [6.07, 6.45) is 0.0718. The van der Waals surface area contributed by atoms with Crippen LogP contribution in [0.4, 0.5) is 6.01 Å². The van der Waals surface area contributed by atoms with Crippen LogP contribution in [0.2, 0.25) is 5.02 Å². The van der Waals surface area contributed by atoms with Gasteiger partial charge in [0.1, 0.15) is 0 Å². The molecule has 132 valence electrons. The first kappa shape index (κ1) is 17.6. The molecule has 2 aromatic carbocycles. The molecule has 3 rings (SSSR count). The van der Waals surface area contributed by atoms with Crippen molar-refractivity contribution < 1.29 is 14.0 Å². The van der Waals surface area contributed by atoms with E-state index in [2.05, 4.69) is 20.8 Å². The number of hydrogen-bond acceptors (Lipinski definition) is 5. The Labute approximate surface area is 154 Å². The number of nitrogens with one attached hydrogen (secondary N) is 2. The highest BCUT2D eigenvalue weighted by atomic mass is 35.5. The summed E-state index contributed by atoms with van der Waals surface area (Å²) in [5.41, 5.74) is 1.23. The molecule has 0 aliphatic rings. The maximum absolute atomic E-state index is 11.9. The largest absolute Gasteiger partial charge is 0.403 e. The molecule has 2 N–H and O–H groups in total. The quantitative estimate of drug-likeness (QED) is 0.694. The van der Waals surface area contributed by atoms with E-state index in [1.54, 1.807) is 24.3 Å². The first-order valence-electron chi connectivity index (χ1n) is 7.84. The van der Waals surface area contributed by atoms with Crippen LogP contribution in [-0.4, -0.2) is 28.6 Å². The third kappa shape index (κ3) is 4.67. The third-order valence-corrected chi connectivity index (χ3v) is 3.69. The highest BCUT2D eigenvalue weighted by Gasteiger charge is 2.12. The van der Waals surface area contributed by atoms with Crippen molar-refractivity contribution in [3.05, 3.63) is 65.2 Å². The first-order valence-corrected chi connectivity index (χ1v) is 8.22. The minimum Gasteiger partial charge on any atom is -0.403 e. The smallest absolute Gasteiger partial charge is 0.322 e. The van der Waals surface area contributed by atoms with Crippen LogP contribution < -0.4 is 10.6 Å². The van der Waals surface area contributed by atoms with Crippen molar-refractivity contribution in [3.8, 4) is 11.5 Å². The zero-order valence-corrected chi connectivity index (χ0v) is 14.4. The number of carbonyl (C=O) groups excluding carboxylic acids is 2. The Morgan fingerprint density at radius 2 is 1.73 bits per heavy atom. The van der Waals surface area contributed by atoms with Gasteiger partial charge in [0.15, 0.2) is 0 Å². The maximum atomic E-state index is 11.9. The second-order valence-corrected chi connectivity index (χ2v) is 5.78. The average Bonchev–Trinajstić information content (AvgIpc) is 3.11. The molecule has 0 saturated heterocycles. The predicted molar refractivity (Wildman–Crippen MR) is 96.8 cm³/mol. The monoisotopic (exact) mass is 370 g/mol. The zero-order valence-electron chi connectivity index (χ0n) is 13.6. The van der Waals surface area contributed by atoms with E-state index < -0.39 is 0 Å². The van der Waals surface area contributed by atoms with E-state index in [9.17, 15) is 9.59 Å². The van der Waals surface area contributed by atoms with E-state index in [1.807, 2.05) is 30.3 Å². The molecule has 0 unspecified atom stereocenters. The summed E-state index contributed by atoms with van der Waals surface area (Å²) in [5, 5.41) is 13.4. The second kappa shape index (κ2) is 8.26. The number of anilines is 1. The van der Waals surface area contributed by atoms with Gasteiger partial charge in [0.25, 0.3) is 5.91 Å². The Kier molecular flexibility index (Phi) is 5.60. The topological polar surface area (TPSA) is 97.1 Å². The van der Waals surface area contributed by atoms with Crippen molar-refractivity contribution >= 4 is 29.4 Å². The Morgan fingerprint density at radius 3 is 2.46 bits per heavy atom. The predicted octanol–water partition coefficient (Wildman–Crippen LogP) is 3.15. The van der Waals surface area contributed by atoms with Crippen molar-refractivity contribution in [3.63, 3.8) is 0 Å². The van der Waals surface area contributed by atoms with E-state index >= 15 is 0 Å². The van der Waals surface area contributed by atoms with Gasteiger partial charge in [-0.15, -0.1) is 5.10 Å². The Balaban J connectivity index is 1.46. The van der Waals surface area contributed by atoms with Crippen molar-refractivity contribution in [2.45, 2.75) is 6.42 Å². The number of benzene rings is 2. The molecule has 1 aromatic heterocycles. The van der Waals surface area contributed by atoms with Gasteiger partial charge < -0.3 is 9.73 Å². The first-order chi connectivity index (χ1) is 12.6. The standard InChI is InChI=1S/C18H15ClN4O3/c19-14-8-6-12(7-9-14)16(25)20-11-10-15(24)21-18-23-22-17(26-18)13-4-2-1-3-5-13/h1-9H,10-11H2,(H,20,25)(H,21,23,24). The lowest BCUT2D eigenvalue weighted by atomic mass is 10.2. The van der Waals surface area contributed by atoms with Crippen LogP contribution in [0.5, 0.6) is 0 Å². The molecule has 0 saturated carbocycles. The lowest BCUT2D eigenvalue weighted by molar-refractivity contribution is -0.116. The number of amides is 2. The molecule has 3 aromatic rings. The maximum Gasteiger partial charge on any atom is 0.322 e. The molecule has 0 aliphatic carbocycles. The van der Waals surface area contributed by atoms with E-state index in [1.165, 1.54) is 0 Å². The van der Waals surface area contributed by atoms with Gasteiger partial charge >= 0.3 is 6.01 Å². The number of nitrogens with zero attached hydrogens (tertiary/aromatic N) is 2. The highest BCUT2D eigenvalue weighted by molar-refractivity contribution is 6.30. The summed E-state index contributed by atoms with van der Waals surface area (Å²) >= 11 is 5.78. The van der Waals surface area contributed by atoms with Crippen LogP contribution in [0.3, 0.4) is 0 Å². The van der Waals surface area contributed by atoms with E-state index in [0.29, 0.717) is 16.5 Å². The molecule has 1 heterocycles. The zero-order chi connectivity index (χ0) is 18.4. The number of carbonyl (C=O) groups is 2. The molecule has 0 bridgehead atoms. The average molecular weight is 371 g/mol. The van der Waals surface area contributed by atoms with E-state index in [4.69, 9.17) is 16.0 Å². The van der Waals surface area contributed by atoms with Gasteiger partial charge in [0.2, 0.25) is 11.8 Å². The van der Waals surface area contributed by atoms with Crippen LogP contribution in [0.1, 0.15) is 16.8 Å². The van der Waals surface area contributed by atoms with Crippen molar-refractivity contribution in [1.82, 2.24) is 15.5 Å². The lowest BCUT2D eigenvalue weighted by Crippen LogP contribution is -2.27. The van der Waals surface area contributed by atoms with Gasteiger partial charge in [-0.3, -0.25) is 14.9 Å². The molecule has 0 fully saturated rings. The Morgan fingerprint density at radius 1 is 1.00 bits per heavy atom. The fourth-order valence-corrected chi connectivity index (χ4v) is 2.27. The molecule has 0 spiro atoms. The SMILES string of the molecule is O=C(CCNC(=O)c1ccc(Cl)cc1)Nc1nnc(-c2ccccc2)o1. The minimum atomic E-state index is -0.343. The van der Waals surface area contributed by atoms with Crippen LogP contribution in [-0.2, 0) is 4.79 Å². The van der Waals surface area contributed by atoms with Crippen molar-refractivity contribution in [1.29, 1.82) is 0 Å². The molecule has 2 amide bonds. The van der Waals surface area contributed by atoms with Gasteiger partial charge in [-0.2, -0.15) is 0 Å². The number of rotatable bonds is 6. The second-order valence-electron chi connectivity index (χ2n) is 5.34. The summed E-state index contributed by atoms with van der Waals surface area (Å²) in [4.78, 5) is 23.8. The summed E-state index contributed by atoms with van der Waals surface area (Å²) in [5.74, 6) is -0.305. The molecule has 0 radical (unpaired) electrons. The molecule has 0 atom stereocenters.